The lowest BCUT2D eigenvalue weighted by molar-refractivity contribution is 0.0748. The summed E-state index contributed by atoms with van der Waals surface area (Å²) in [6.07, 6.45) is 0. The maximum absolute atomic E-state index is 13.3. The van der Waals surface area contributed by atoms with Crippen LogP contribution in [0, 0.1) is 13.8 Å². The van der Waals surface area contributed by atoms with E-state index in [0.29, 0.717) is 0 Å². The summed E-state index contributed by atoms with van der Waals surface area (Å²) in [6.45, 7) is 7.36. The summed E-state index contributed by atoms with van der Waals surface area (Å²) < 4.78 is 0. The van der Waals surface area contributed by atoms with Crippen LogP contribution in [-0.2, 0) is 0 Å². The molecule has 0 bridgehead atoms. The smallest absolute Gasteiger partial charge is 0.256 e. The van der Waals surface area contributed by atoms with Gasteiger partial charge in [0.15, 0.2) is 0 Å². The summed E-state index contributed by atoms with van der Waals surface area (Å²) in [4.78, 5) is 17.6. The van der Waals surface area contributed by atoms with Gasteiger partial charge in [-0.3, -0.25) is 4.79 Å². The van der Waals surface area contributed by atoms with Gasteiger partial charge in [0.1, 0.15) is 0 Å². The van der Waals surface area contributed by atoms with Gasteiger partial charge in [-0.2, -0.15) is 0 Å². The summed E-state index contributed by atoms with van der Waals surface area (Å²) in [5, 5.41) is 3.48. The Morgan fingerprint density at radius 1 is 0.759 bits per heavy atom. The molecule has 1 N–H and O–H groups in total. The molecule has 148 valence electrons. The van der Waals surface area contributed by atoms with Crippen LogP contribution in [0.3, 0.4) is 0 Å². The topological polar surface area (TPSA) is 35.6 Å². The lowest BCUT2D eigenvalue weighted by Gasteiger charge is -2.36. The second-order valence-electron chi connectivity index (χ2n) is 7.53. The molecular formula is C25H27N3O. The third-order valence-electron chi connectivity index (χ3n) is 5.72. The van der Waals surface area contributed by atoms with Gasteiger partial charge in [0.2, 0.25) is 0 Å². The standard InChI is InChI=1S/C25H27N3O/c1-19-9-8-14-23(20(19)2)26-24-13-7-6-12-22(24)25(29)28-17-15-27(16-18-28)21-10-4-3-5-11-21/h3-14,26H,15-18H2,1-2H3. The average Bonchev–Trinajstić information content (AvgIpc) is 2.77. The molecule has 3 aromatic carbocycles. The number of anilines is 3. The molecule has 0 atom stereocenters. The van der Waals surface area contributed by atoms with Gasteiger partial charge < -0.3 is 15.1 Å². The normalized spacial score (nSPS) is 14.0. The first-order valence-electron chi connectivity index (χ1n) is 10.1. The predicted molar refractivity (Wildman–Crippen MR) is 120 cm³/mol. The second kappa shape index (κ2) is 8.39. The maximum Gasteiger partial charge on any atom is 0.256 e. The monoisotopic (exact) mass is 385 g/mol. The Bertz CT molecular complexity index is 992. The third kappa shape index (κ3) is 4.11. The molecule has 0 aliphatic carbocycles. The van der Waals surface area contributed by atoms with E-state index in [1.165, 1.54) is 16.8 Å². The summed E-state index contributed by atoms with van der Waals surface area (Å²) in [5.74, 6) is 0.0890. The molecule has 4 heteroatoms. The van der Waals surface area contributed by atoms with Crippen LogP contribution in [0.15, 0.2) is 72.8 Å². The zero-order valence-corrected chi connectivity index (χ0v) is 17.1. The molecule has 1 aliphatic rings. The van der Waals surface area contributed by atoms with Crippen molar-refractivity contribution in [3.05, 3.63) is 89.5 Å². The Morgan fingerprint density at radius 3 is 2.17 bits per heavy atom. The number of carbonyl (C=O) groups is 1. The molecule has 1 heterocycles. The molecule has 4 rings (SSSR count). The van der Waals surface area contributed by atoms with Crippen LogP contribution in [0.2, 0.25) is 0 Å². The number of carbonyl (C=O) groups excluding carboxylic acids is 1. The van der Waals surface area contributed by atoms with E-state index in [9.17, 15) is 4.79 Å². The van der Waals surface area contributed by atoms with E-state index in [1.54, 1.807) is 0 Å². The molecule has 0 aromatic heterocycles. The minimum Gasteiger partial charge on any atom is -0.368 e. The van der Waals surface area contributed by atoms with E-state index >= 15 is 0 Å². The Morgan fingerprint density at radius 2 is 1.41 bits per heavy atom. The van der Waals surface area contributed by atoms with Crippen molar-refractivity contribution in [3.63, 3.8) is 0 Å². The molecule has 0 saturated carbocycles. The van der Waals surface area contributed by atoms with Crippen molar-refractivity contribution in [2.45, 2.75) is 13.8 Å². The number of hydrogen-bond donors (Lipinski definition) is 1. The van der Waals surface area contributed by atoms with Gasteiger partial charge in [-0.25, -0.2) is 0 Å². The molecule has 0 unspecified atom stereocenters. The number of piperazine rings is 1. The van der Waals surface area contributed by atoms with Crippen molar-refractivity contribution in [2.24, 2.45) is 0 Å². The van der Waals surface area contributed by atoms with Crippen LogP contribution in [0.25, 0.3) is 0 Å². The van der Waals surface area contributed by atoms with Crippen LogP contribution in [-0.4, -0.2) is 37.0 Å². The van der Waals surface area contributed by atoms with Crippen molar-refractivity contribution in [2.75, 3.05) is 36.4 Å². The van der Waals surface area contributed by atoms with E-state index in [0.717, 1.165) is 43.1 Å². The average molecular weight is 386 g/mol. The van der Waals surface area contributed by atoms with Gasteiger partial charge in [0.05, 0.1) is 11.3 Å². The van der Waals surface area contributed by atoms with Crippen LogP contribution < -0.4 is 10.2 Å². The minimum absolute atomic E-state index is 0.0890. The van der Waals surface area contributed by atoms with Crippen molar-refractivity contribution in [3.8, 4) is 0 Å². The Kier molecular flexibility index (Phi) is 5.52. The molecular weight excluding hydrogens is 358 g/mol. The quantitative estimate of drug-likeness (QED) is 0.686. The first kappa shape index (κ1) is 19.1. The van der Waals surface area contributed by atoms with Gasteiger partial charge >= 0.3 is 0 Å². The Hall–Kier alpha value is -3.27. The van der Waals surface area contributed by atoms with E-state index < -0.39 is 0 Å². The SMILES string of the molecule is Cc1cccc(Nc2ccccc2C(=O)N2CCN(c3ccccc3)CC2)c1C. The van der Waals surface area contributed by atoms with Crippen molar-refractivity contribution in [1.82, 2.24) is 4.90 Å². The maximum atomic E-state index is 13.3. The summed E-state index contributed by atoms with van der Waals surface area (Å²) >= 11 is 0. The number of hydrogen-bond acceptors (Lipinski definition) is 3. The predicted octanol–water partition coefficient (Wildman–Crippen LogP) is 5.01. The van der Waals surface area contributed by atoms with Crippen LogP contribution in [0.4, 0.5) is 17.1 Å². The van der Waals surface area contributed by atoms with Gasteiger partial charge in [-0.05, 0) is 55.3 Å². The highest BCUT2D eigenvalue weighted by Crippen LogP contribution is 2.26. The molecule has 1 fully saturated rings. The third-order valence-corrected chi connectivity index (χ3v) is 5.72. The van der Waals surface area contributed by atoms with E-state index in [-0.39, 0.29) is 5.91 Å². The fourth-order valence-corrected chi connectivity index (χ4v) is 3.79. The fourth-order valence-electron chi connectivity index (χ4n) is 3.79. The van der Waals surface area contributed by atoms with Crippen LogP contribution in [0.5, 0.6) is 0 Å². The molecule has 0 spiro atoms. The first-order valence-corrected chi connectivity index (χ1v) is 10.1. The van der Waals surface area contributed by atoms with Crippen LogP contribution >= 0.6 is 0 Å². The van der Waals surface area contributed by atoms with Crippen molar-refractivity contribution >= 4 is 23.0 Å². The molecule has 1 amide bonds. The van der Waals surface area contributed by atoms with E-state index in [1.807, 2.05) is 41.3 Å². The summed E-state index contributed by atoms with van der Waals surface area (Å²) in [6, 6.07) is 24.4. The van der Waals surface area contributed by atoms with Gasteiger partial charge in [0.25, 0.3) is 5.91 Å². The minimum atomic E-state index is 0.0890. The number of aryl methyl sites for hydroxylation is 1. The number of para-hydroxylation sites is 2. The zero-order valence-electron chi connectivity index (χ0n) is 17.1. The molecule has 0 radical (unpaired) electrons. The lowest BCUT2D eigenvalue weighted by atomic mass is 10.1. The lowest BCUT2D eigenvalue weighted by Crippen LogP contribution is -2.48. The number of amides is 1. The van der Waals surface area contributed by atoms with E-state index in [4.69, 9.17) is 0 Å². The molecule has 29 heavy (non-hydrogen) atoms. The molecule has 1 aliphatic heterocycles. The van der Waals surface area contributed by atoms with Gasteiger partial charge in [0, 0.05) is 37.6 Å². The van der Waals surface area contributed by atoms with Crippen LogP contribution in [0.1, 0.15) is 21.5 Å². The summed E-state index contributed by atoms with van der Waals surface area (Å²) in [5.41, 5.74) is 6.27. The van der Waals surface area contributed by atoms with Crippen molar-refractivity contribution < 1.29 is 4.79 Å². The summed E-state index contributed by atoms with van der Waals surface area (Å²) in [7, 11) is 0. The van der Waals surface area contributed by atoms with Gasteiger partial charge in [-0.1, -0.05) is 42.5 Å². The fraction of sp³-hybridized carbons (Fsp3) is 0.240. The zero-order chi connectivity index (χ0) is 20.2. The number of rotatable bonds is 4. The molecule has 1 saturated heterocycles. The molecule has 3 aromatic rings. The number of nitrogens with zero attached hydrogens (tertiary/aromatic N) is 2. The van der Waals surface area contributed by atoms with Gasteiger partial charge in [-0.15, -0.1) is 0 Å². The highest BCUT2D eigenvalue weighted by molar-refractivity contribution is 6.00. The Labute approximate surface area is 172 Å². The number of benzene rings is 3. The first-order chi connectivity index (χ1) is 14.1. The highest BCUT2D eigenvalue weighted by atomic mass is 16.2. The Balaban J connectivity index is 1.49. The van der Waals surface area contributed by atoms with E-state index in [2.05, 4.69) is 60.5 Å². The second-order valence-corrected chi connectivity index (χ2v) is 7.53. The number of nitrogens with one attached hydrogen (secondary N) is 1. The largest absolute Gasteiger partial charge is 0.368 e. The highest BCUT2D eigenvalue weighted by Gasteiger charge is 2.24. The van der Waals surface area contributed by atoms with Crippen molar-refractivity contribution in [1.29, 1.82) is 0 Å². The molecule has 4 nitrogen and oxygen atoms in total.